The Morgan fingerprint density at radius 1 is 1.13 bits per heavy atom. The number of rotatable bonds is 4. The number of anilines is 2. The molecule has 30 heavy (non-hydrogen) atoms. The number of nitrogens with one attached hydrogen (secondary N) is 2. The summed E-state index contributed by atoms with van der Waals surface area (Å²) in [6, 6.07) is 14.1. The standard InChI is InChI=1S/C21H23N3O4S2/c1-14-20(25)23-18-13-17(7-8-19(18)29-14)30(27,28)24-11-9-15(10-12-24)21(26)22-16-5-3-2-4-6-16/h2-8,13-15H,9-12H2,1H3,(H,22,26)(H,23,25)/t14-/m0/s1. The van der Waals surface area contributed by atoms with Crippen molar-refractivity contribution in [3.63, 3.8) is 0 Å². The number of para-hydroxylation sites is 1. The fraction of sp³-hybridized carbons (Fsp3) is 0.333. The lowest BCUT2D eigenvalue weighted by Crippen LogP contribution is -2.41. The molecule has 4 rings (SSSR count). The first-order valence-electron chi connectivity index (χ1n) is 9.82. The number of piperidine rings is 1. The second kappa shape index (κ2) is 8.41. The van der Waals surface area contributed by atoms with Crippen LogP contribution >= 0.6 is 11.8 Å². The summed E-state index contributed by atoms with van der Waals surface area (Å²) in [6.07, 6.45) is 0.930. The molecule has 2 aromatic carbocycles. The summed E-state index contributed by atoms with van der Waals surface area (Å²) in [4.78, 5) is 25.4. The quantitative estimate of drug-likeness (QED) is 0.754. The Hall–Kier alpha value is -2.36. The number of amides is 2. The van der Waals surface area contributed by atoms with Crippen LogP contribution in [0.4, 0.5) is 11.4 Å². The zero-order chi connectivity index (χ0) is 21.3. The van der Waals surface area contributed by atoms with E-state index in [1.165, 1.54) is 22.1 Å². The van der Waals surface area contributed by atoms with Gasteiger partial charge in [0.15, 0.2) is 0 Å². The van der Waals surface area contributed by atoms with Crippen LogP contribution in [0.2, 0.25) is 0 Å². The van der Waals surface area contributed by atoms with Gasteiger partial charge in [-0.1, -0.05) is 18.2 Å². The first-order chi connectivity index (χ1) is 14.3. The Morgan fingerprint density at radius 2 is 1.83 bits per heavy atom. The average Bonchev–Trinajstić information content (AvgIpc) is 2.75. The Bertz CT molecular complexity index is 1060. The van der Waals surface area contributed by atoms with Crippen molar-refractivity contribution < 1.29 is 18.0 Å². The maximum atomic E-state index is 13.1. The number of sulfonamides is 1. The van der Waals surface area contributed by atoms with Gasteiger partial charge in [-0.3, -0.25) is 9.59 Å². The third kappa shape index (κ3) is 4.23. The van der Waals surface area contributed by atoms with E-state index in [2.05, 4.69) is 10.6 Å². The molecule has 2 aromatic rings. The Labute approximate surface area is 180 Å². The molecule has 0 spiro atoms. The SMILES string of the molecule is C[C@@H]1Sc2ccc(S(=O)(=O)N3CCC(C(=O)Nc4ccccc4)CC3)cc2NC1=O. The number of carbonyl (C=O) groups excluding carboxylic acids is 2. The third-order valence-corrected chi connectivity index (χ3v) is 8.46. The van der Waals surface area contributed by atoms with Crippen LogP contribution in [0.3, 0.4) is 0 Å². The molecule has 1 atom stereocenters. The monoisotopic (exact) mass is 445 g/mol. The molecule has 0 aromatic heterocycles. The first-order valence-corrected chi connectivity index (χ1v) is 12.1. The minimum absolute atomic E-state index is 0.0825. The molecule has 0 bridgehead atoms. The van der Waals surface area contributed by atoms with Crippen LogP contribution in [0, 0.1) is 5.92 Å². The summed E-state index contributed by atoms with van der Waals surface area (Å²) >= 11 is 1.41. The number of hydrogen-bond acceptors (Lipinski definition) is 5. The molecular weight excluding hydrogens is 422 g/mol. The summed E-state index contributed by atoms with van der Waals surface area (Å²) in [5, 5.41) is 5.46. The molecule has 9 heteroatoms. The molecule has 2 heterocycles. The van der Waals surface area contributed by atoms with Crippen molar-refractivity contribution in [2.45, 2.75) is 34.8 Å². The molecule has 0 aliphatic carbocycles. The molecule has 0 radical (unpaired) electrons. The largest absolute Gasteiger partial charge is 0.326 e. The lowest BCUT2D eigenvalue weighted by molar-refractivity contribution is -0.121. The zero-order valence-electron chi connectivity index (χ0n) is 16.5. The van der Waals surface area contributed by atoms with E-state index in [0.717, 1.165) is 10.6 Å². The zero-order valence-corrected chi connectivity index (χ0v) is 18.1. The highest BCUT2D eigenvalue weighted by atomic mass is 32.2. The summed E-state index contributed by atoms with van der Waals surface area (Å²) < 4.78 is 27.6. The number of fused-ring (bicyclic) bond motifs is 1. The molecule has 158 valence electrons. The van der Waals surface area contributed by atoms with E-state index in [-0.39, 0.29) is 41.0 Å². The van der Waals surface area contributed by atoms with Crippen LogP contribution in [0.5, 0.6) is 0 Å². The fourth-order valence-electron chi connectivity index (χ4n) is 3.62. The van der Waals surface area contributed by atoms with Gasteiger partial charge in [-0.25, -0.2) is 8.42 Å². The van der Waals surface area contributed by atoms with E-state index < -0.39 is 10.0 Å². The molecule has 2 amide bonds. The van der Waals surface area contributed by atoms with Crippen molar-refractivity contribution in [1.29, 1.82) is 0 Å². The molecule has 2 aliphatic rings. The maximum absolute atomic E-state index is 13.1. The van der Waals surface area contributed by atoms with Crippen LogP contribution < -0.4 is 10.6 Å². The van der Waals surface area contributed by atoms with Gasteiger partial charge in [-0.05, 0) is 50.1 Å². The second-order valence-corrected chi connectivity index (χ2v) is 10.8. The highest BCUT2D eigenvalue weighted by Gasteiger charge is 2.33. The van der Waals surface area contributed by atoms with Gasteiger partial charge >= 0.3 is 0 Å². The van der Waals surface area contributed by atoms with Gasteiger partial charge in [0.05, 0.1) is 15.8 Å². The highest BCUT2D eigenvalue weighted by Crippen LogP contribution is 2.37. The minimum atomic E-state index is -3.69. The Morgan fingerprint density at radius 3 is 2.53 bits per heavy atom. The van der Waals surface area contributed by atoms with E-state index >= 15 is 0 Å². The molecule has 0 unspecified atom stereocenters. The Balaban J connectivity index is 1.42. The third-order valence-electron chi connectivity index (χ3n) is 5.39. The normalized spacial score (nSPS) is 20.3. The molecular formula is C21H23N3O4S2. The maximum Gasteiger partial charge on any atom is 0.243 e. The van der Waals surface area contributed by atoms with Crippen molar-refractivity contribution in [1.82, 2.24) is 4.31 Å². The summed E-state index contributed by atoms with van der Waals surface area (Å²) in [5.41, 5.74) is 1.27. The van der Waals surface area contributed by atoms with E-state index in [1.54, 1.807) is 12.1 Å². The van der Waals surface area contributed by atoms with Gasteiger partial charge in [0.2, 0.25) is 21.8 Å². The van der Waals surface area contributed by atoms with Gasteiger partial charge in [-0.15, -0.1) is 11.8 Å². The number of thioether (sulfide) groups is 1. The van der Waals surface area contributed by atoms with Gasteiger partial charge in [-0.2, -0.15) is 4.31 Å². The molecule has 2 N–H and O–H groups in total. The molecule has 1 fully saturated rings. The minimum Gasteiger partial charge on any atom is -0.326 e. The summed E-state index contributed by atoms with van der Waals surface area (Å²) in [7, 11) is -3.69. The molecule has 0 saturated carbocycles. The Kier molecular flexibility index (Phi) is 5.86. The van der Waals surface area contributed by atoms with Crippen molar-refractivity contribution >= 4 is 45.0 Å². The smallest absolute Gasteiger partial charge is 0.243 e. The van der Waals surface area contributed by atoms with Crippen LogP contribution in [0.25, 0.3) is 0 Å². The second-order valence-electron chi connectivity index (χ2n) is 7.44. The average molecular weight is 446 g/mol. The topological polar surface area (TPSA) is 95.6 Å². The van der Waals surface area contributed by atoms with Crippen LogP contribution in [-0.4, -0.2) is 42.9 Å². The lowest BCUT2D eigenvalue weighted by Gasteiger charge is -2.31. The van der Waals surface area contributed by atoms with Crippen molar-refractivity contribution in [2.24, 2.45) is 5.92 Å². The van der Waals surface area contributed by atoms with Gasteiger partial charge in [0.1, 0.15) is 0 Å². The lowest BCUT2D eigenvalue weighted by atomic mass is 9.97. The summed E-state index contributed by atoms with van der Waals surface area (Å²) in [6.45, 7) is 2.38. The van der Waals surface area contributed by atoms with Crippen molar-refractivity contribution in [3.05, 3.63) is 48.5 Å². The number of hydrogen-bond donors (Lipinski definition) is 2. The number of carbonyl (C=O) groups is 2. The predicted octanol–water partition coefficient (Wildman–Crippen LogP) is 3.16. The van der Waals surface area contributed by atoms with Gasteiger partial charge in [0.25, 0.3) is 0 Å². The van der Waals surface area contributed by atoms with E-state index in [4.69, 9.17) is 0 Å². The first kappa shape index (κ1) is 20.9. The van der Waals surface area contributed by atoms with E-state index in [0.29, 0.717) is 18.5 Å². The molecule has 7 nitrogen and oxygen atoms in total. The van der Waals surface area contributed by atoms with Crippen molar-refractivity contribution in [3.8, 4) is 0 Å². The van der Waals surface area contributed by atoms with Gasteiger partial charge < -0.3 is 10.6 Å². The van der Waals surface area contributed by atoms with Crippen LogP contribution in [0.15, 0.2) is 58.3 Å². The highest BCUT2D eigenvalue weighted by molar-refractivity contribution is 8.01. The van der Waals surface area contributed by atoms with E-state index in [1.807, 2.05) is 37.3 Å². The predicted molar refractivity (Wildman–Crippen MR) is 117 cm³/mol. The van der Waals surface area contributed by atoms with Gasteiger partial charge in [0, 0.05) is 29.6 Å². The van der Waals surface area contributed by atoms with Crippen LogP contribution in [0.1, 0.15) is 19.8 Å². The number of benzene rings is 2. The number of nitrogens with zero attached hydrogens (tertiary/aromatic N) is 1. The van der Waals surface area contributed by atoms with E-state index in [9.17, 15) is 18.0 Å². The molecule has 2 aliphatic heterocycles. The molecule has 1 saturated heterocycles. The van der Waals surface area contributed by atoms with Crippen molar-refractivity contribution in [2.75, 3.05) is 23.7 Å². The summed E-state index contributed by atoms with van der Waals surface area (Å²) in [5.74, 6) is -0.439. The fourth-order valence-corrected chi connectivity index (χ4v) is 6.05. The van der Waals surface area contributed by atoms with Crippen LogP contribution in [-0.2, 0) is 19.6 Å².